The van der Waals surface area contributed by atoms with Gasteiger partial charge in [0.2, 0.25) is 5.91 Å². The van der Waals surface area contributed by atoms with Crippen LogP contribution in [0.2, 0.25) is 0 Å². The van der Waals surface area contributed by atoms with E-state index in [1.54, 1.807) is 6.92 Å². The number of carbonyl (C=O) groups is 1. The van der Waals surface area contributed by atoms with Crippen molar-refractivity contribution in [3.63, 3.8) is 0 Å². The van der Waals surface area contributed by atoms with E-state index in [0.717, 1.165) is 46.5 Å². The predicted molar refractivity (Wildman–Crippen MR) is 94.7 cm³/mol. The Morgan fingerprint density at radius 2 is 2.09 bits per heavy atom. The Hall–Kier alpha value is -2.14. The number of carbonyl (C=O) groups excluding carboxylic acids is 1. The zero-order valence-electron chi connectivity index (χ0n) is 12.8. The molecule has 0 unspecified atom stereocenters. The average molecular weight is 370 g/mol. The average Bonchev–Trinajstić information content (AvgIpc) is 2.96. The van der Waals surface area contributed by atoms with Gasteiger partial charge in [-0.25, -0.2) is 4.98 Å². The number of aryl methyl sites for hydroxylation is 1. The lowest BCUT2D eigenvalue weighted by Gasteiger charge is -2.28. The van der Waals surface area contributed by atoms with Gasteiger partial charge in [0.25, 0.3) is 0 Å². The monoisotopic (exact) mass is 369 g/mol. The summed E-state index contributed by atoms with van der Waals surface area (Å²) in [7, 11) is 0. The molecule has 0 fully saturated rings. The summed E-state index contributed by atoms with van der Waals surface area (Å²) < 4.78 is 3.04. The van der Waals surface area contributed by atoms with Crippen molar-refractivity contribution in [2.24, 2.45) is 0 Å². The molecule has 0 bridgehead atoms. The molecule has 0 aliphatic carbocycles. The summed E-state index contributed by atoms with van der Waals surface area (Å²) in [5.74, 6) is 0.108. The van der Waals surface area contributed by atoms with Crippen LogP contribution < -0.4 is 4.90 Å². The molecule has 4 rings (SSSR count). The molecule has 116 valence electrons. The molecule has 4 nitrogen and oxygen atoms in total. The zero-order valence-corrected chi connectivity index (χ0v) is 14.4. The number of anilines is 1. The van der Waals surface area contributed by atoms with Gasteiger partial charge in [-0.2, -0.15) is 0 Å². The second kappa shape index (κ2) is 5.49. The van der Waals surface area contributed by atoms with E-state index in [0.29, 0.717) is 0 Å². The van der Waals surface area contributed by atoms with Gasteiger partial charge in [-0.3, -0.25) is 4.79 Å². The lowest BCUT2D eigenvalue weighted by atomic mass is 9.98. The third-order valence-corrected chi connectivity index (χ3v) is 4.76. The van der Waals surface area contributed by atoms with Gasteiger partial charge in [0.1, 0.15) is 5.65 Å². The molecule has 1 aliphatic heterocycles. The zero-order chi connectivity index (χ0) is 16.0. The molecular formula is C18H16BrN3O. The fraction of sp³-hybridized carbons (Fsp3) is 0.222. The number of nitrogens with zero attached hydrogens (tertiary/aromatic N) is 3. The van der Waals surface area contributed by atoms with Crippen LogP contribution in [-0.2, 0) is 11.2 Å². The van der Waals surface area contributed by atoms with Crippen molar-refractivity contribution in [2.75, 3.05) is 11.4 Å². The fourth-order valence-corrected chi connectivity index (χ4v) is 3.54. The summed E-state index contributed by atoms with van der Waals surface area (Å²) in [6.07, 6.45) is 6.05. The Morgan fingerprint density at radius 1 is 1.22 bits per heavy atom. The molecule has 5 heteroatoms. The number of hydrogen-bond donors (Lipinski definition) is 0. The van der Waals surface area contributed by atoms with Crippen LogP contribution in [0.25, 0.3) is 16.9 Å². The maximum atomic E-state index is 11.8. The third kappa shape index (κ3) is 2.55. The first-order valence-corrected chi connectivity index (χ1v) is 8.47. The van der Waals surface area contributed by atoms with Gasteiger partial charge < -0.3 is 9.30 Å². The molecule has 1 aromatic carbocycles. The topological polar surface area (TPSA) is 37.6 Å². The molecule has 0 saturated heterocycles. The highest BCUT2D eigenvalue weighted by Crippen LogP contribution is 2.31. The van der Waals surface area contributed by atoms with Crippen LogP contribution in [0.1, 0.15) is 18.9 Å². The summed E-state index contributed by atoms with van der Waals surface area (Å²) in [5, 5.41) is 0. The number of amides is 1. The summed E-state index contributed by atoms with van der Waals surface area (Å²) >= 11 is 3.48. The molecule has 0 atom stereocenters. The molecule has 2 aromatic heterocycles. The number of benzene rings is 1. The quantitative estimate of drug-likeness (QED) is 0.648. The molecule has 0 radical (unpaired) electrons. The molecule has 3 heterocycles. The molecule has 3 aromatic rings. The van der Waals surface area contributed by atoms with Crippen LogP contribution in [0, 0.1) is 0 Å². The first-order valence-electron chi connectivity index (χ1n) is 7.67. The molecular weight excluding hydrogens is 354 g/mol. The van der Waals surface area contributed by atoms with Crippen LogP contribution in [0.3, 0.4) is 0 Å². The van der Waals surface area contributed by atoms with E-state index in [1.807, 2.05) is 39.9 Å². The number of imidazole rings is 1. The van der Waals surface area contributed by atoms with E-state index in [-0.39, 0.29) is 5.91 Å². The van der Waals surface area contributed by atoms with Gasteiger partial charge in [-0.15, -0.1) is 0 Å². The molecule has 0 spiro atoms. The van der Waals surface area contributed by atoms with Crippen molar-refractivity contribution in [1.82, 2.24) is 9.38 Å². The van der Waals surface area contributed by atoms with Gasteiger partial charge in [-0.1, -0.05) is 6.07 Å². The highest BCUT2D eigenvalue weighted by atomic mass is 79.9. The van der Waals surface area contributed by atoms with Gasteiger partial charge in [0.05, 0.1) is 5.69 Å². The van der Waals surface area contributed by atoms with Crippen LogP contribution in [0.4, 0.5) is 5.69 Å². The Balaban J connectivity index is 1.78. The maximum absolute atomic E-state index is 11.8. The summed E-state index contributed by atoms with van der Waals surface area (Å²) in [6, 6.07) is 10.2. The van der Waals surface area contributed by atoms with Crippen molar-refractivity contribution in [1.29, 1.82) is 0 Å². The van der Waals surface area contributed by atoms with Gasteiger partial charge >= 0.3 is 0 Å². The second-order valence-corrected chi connectivity index (χ2v) is 6.77. The van der Waals surface area contributed by atoms with Crippen LogP contribution in [0.15, 0.2) is 47.2 Å². The number of fused-ring (bicyclic) bond motifs is 2. The fourth-order valence-electron chi connectivity index (χ4n) is 3.19. The van der Waals surface area contributed by atoms with Crippen LogP contribution in [-0.4, -0.2) is 21.8 Å². The van der Waals surface area contributed by atoms with Crippen molar-refractivity contribution < 1.29 is 4.79 Å². The van der Waals surface area contributed by atoms with E-state index in [2.05, 4.69) is 33.0 Å². The minimum atomic E-state index is 0.108. The van der Waals surface area contributed by atoms with Gasteiger partial charge in [0, 0.05) is 41.6 Å². The number of aromatic nitrogens is 2. The van der Waals surface area contributed by atoms with E-state index >= 15 is 0 Å². The highest BCUT2D eigenvalue weighted by molar-refractivity contribution is 9.10. The minimum Gasteiger partial charge on any atom is -0.312 e. The lowest BCUT2D eigenvalue weighted by Crippen LogP contribution is -2.33. The smallest absolute Gasteiger partial charge is 0.223 e. The molecule has 23 heavy (non-hydrogen) atoms. The molecule has 0 saturated carbocycles. The normalized spacial score (nSPS) is 14.1. The molecule has 1 amide bonds. The lowest BCUT2D eigenvalue weighted by molar-refractivity contribution is -0.116. The number of halogens is 1. The van der Waals surface area contributed by atoms with Crippen LogP contribution in [0.5, 0.6) is 0 Å². The summed E-state index contributed by atoms with van der Waals surface area (Å²) in [4.78, 5) is 18.3. The van der Waals surface area contributed by atoms with Crippen molar-refractivity contribution in [2.45, 2.75) is 19.8 Å². The van der Waals surface area contributed by atoms with E-state index in [1.165, 1.54) is 5.56 Å². The van der Waals surface area contributed by atoms with E-state index in [9.17, 15) is 4.79 Å². The van der Waals surface area contributed by atoms with Crippen molar-refractivity contribution in [3.05, 3.63) is 52.8 Å². The summed E-state index contributed by atoms with van der Waals surface area (Å²) in [6.45, 7) is 2.44. The number of pyridine rings is 1. The SMILES string of the molecule is CC(=O)N1CCCc2cc(-c3cn4cc(Br)ccc4n3)ccc21. The van der Waals surface area contributed by atoms with E-state index < -0.39 is 0 Å². The highest BCUT2D eigenvalue weighted by Gasteiger charge is 2.20. The Morgan fingerprint density at radius 3 is 2.91 bits per heavy atom. The number of hydrogen-bond acceptors (Lipinski definition) is 2. The first-order chi connectivity index (χ1) is 11.1. The van der Waals surface area contributed by atoms with Gasteiger partial charge in [-0.05, 0) is 58.6 Å². The second-order valence-electron chi connectivity index (χ2n) is 5.86. The first kappa shape index (κ1) is 14.5. The maximum Gasteiger partial charge on any atom is 0.223 e. The summed E-state index contributed by atoms with van der Waals surface area (Å²) in [5.41, 5.74) is 5.23. The Kier molecular flexibility index (Phi) is 3.45. The standard InChI is InChI=1S/C18H16BrN3O/c1-12(23)22-8-2-3-14-9-13(4-6-17(14)22)16-11-21-10-15(19)5-7-18(21)20-16/h4-7,9-11H,2-3,8H2,1H3. The minimum absolute atomic E-state index is 0.108. The number of rotatable bonds is 1. The Bertz CT molecular complexity index is 916. The van der Waals surface area contributed by atoms with Crippen molar-refractivity contribution >= 4 is 33.2 Å². The van der Waals surface area contributed by atoms with Crippen LogP contribution >= 0.6 is 15.9 Å². The van der Waals surface area contributed by atoms with Crippen molar-refractivity contribution in [3.8, 4) is 11.3 Å². The Labute approximate surface area is 142 Å². The van der Waals surface area contributed by atoms with E-state index in [4.69, 9.17) is 0 Å². The largest absolute Gasteiger partial charge is 0.312 e. The molecule has 0 N–H and O–H groups in total. The molecule has 1 aliphatic rings. The van der Waals surface area contributed by atoms with Gasteiger partial charge in [0.15, 0.2) is 0 Å². The third-order valence-electron chi connectivity index (χ3n) is 4.29. The predicted octanol–water partition coefficient (Wildman–Crippen LogP) is 4.06.